The third-order valence-corrected chi connectivity index (χ3v) is 10.0. The highest BCUT2D eigenvalue weighted by molar-refractivity contribution is 6.24. The molecule has 10 aromatic rings. The number of hydrogen-bond donors (Lipinski definition) is 0. The molecule has 0 fully saturated rings. The lowest BCUT2D eigenvalue weighted by atomic mass is 10.1. The summed E-state index contributed by atoms with van der Waals surface area (Å²) in [6, 6.07) is 56.8. The molecule has 0 aliphatic heterocycles. The minimum absolute atomic E-state index is 0.472. The lowest BCUT2D eigenvalue weighted by molar-refractivity contribution is 1.07. The molecule has 0 spiro atoms. The second-order valence-corrected chi connectivity index (χ2v) is 13.0. The van der Waals surface area contributed by atoms with E-state index in [1.807, 2.05) is 127 Å². The van der Waals surface area contributed by atoms with Gasteiger partial charge >= 0.3 is 0 Å². The van der Waals surface area contributed by atoms with Crippen molar-refractivity contribution in [2.24, 2.45) is 0 Å². The van der Waals surface area contributed by atoms with Crippen LogP contribution in [0.1, 0.15) is 5.56 Å². The van der Waals surface area contributed by atoms with Crippen LogP contribution >= 0.6 is 0 Å². The molecular formula is C47H27N7. The number of hydrogen-bond acceptors (Lipinski definition) is 4. The Morgan fingerprint density at radius 3 is 1.50 bits per heavy atom. The fourth-order valence-electron chi connectivity index (χ4n) is 7.65. The summed E-state index contributed by atoms with van der Waals surface area (Å²) >= 11 is 0. The van der Waals surface area contributed by atoms with E-state index >= 15 is 0 Å². The number of benzene rings is 7. The molecule has 0 radical (unpaired) electrons. The van der Waals surface area contributed by atoms with E-state index in [0.717, 1.165) is 66.1 Å². The number of nitriles is 1. The topological polar surface area (TPSA) is 76.7 Å². The van der Waals surface area contributed by atoms with Crippen LogP contribution in [0, 0.1) is 17.9 Å². The Hall–Kier alpha value is -7.87. The van der Waals surface area contributed by atoms with Crippen molar-refractivity contribution in [1.29, 1.82) is 5.26 Å². The standard InChI is InChI=1S/C47H27N7/c1-49-38-20-10-13-23-42(38)54-41-22-12-9-19-35(41)37-26-25-36-34-18-8-11-21-40(34)53(43(36)44(37)54)39-27-24-32(28-33(39)29-48)47-51-45(30-14-4-2-5-15-30)50-46(52-47)31-16-6-3-7-17-31/h2-28H. The summed E-state index contributed by atoms with van der Waals surface area (Å²) in [7, 11) is 0. The van der Waals surface area contributed by atoms with Crippen LogP contribution in [0.25, 0.3) is 94.0 Å². The van der Waals surface area contributed by atoms with Gasteiger partial charge in [-0.15, -0.1) is 0 Å². The molecule has 0 bridgehead atoms. The molecule has 250 valence electrons. The summed E-state index contributed by atoms with van der Waals surface area (Å²) in [4.78, 5) is 18.6. The number of aromatic nitrogens is 5. The summed E-state index contributed by atoms with van der Waals surface area (Å²) in [6.07, 6.45) is 0. The van der Waals surface area contributed by atoms with Gasteiger partial charge in [0.2, 0.25) is 5.69 Å². The van der Waals surface area contributed by atoms with Gasteiger partial charge in [0.15, 0.2) is 17.5 Å². The molecule has 54 heavy (non-hydrogen) atoms. The van der Waals surface area contributed by atoms with E-state index in [4.69, 9.17) is 21.5 Å². The van der Waals surface area contributed by atoms with Crippen LogP contribution in [-0.2, 0) is 0 Å². The Labute approximate surface area is 310 Å². The largest absolute Gasteiger partial charge is 0.317 e. The molecule has 0 amide bonds. The van der Waals surface area contributed by atoms with E-state index in [1.54, 1.807) is 0 Å². The Morgan fingerprint density at radius 2 is 0.944 bits per heavy atom. The summed E-state index contributed by atoms with van der Waals surface area (Å²) in [6.45, 7) is 8.06. The van der Waals surface area contributed by atoms with Crippen LogP contribution < -0.4 is 0 Å². The fourth-order valence-corrected chi connectivity index (χ4v) is 7.65. The normalized spacial score (nSPS) is 11.3. The van der Waals surface area contributed by atoms with Gasteiger partial charge in [-0.2, -0.15) is 5.26 Å². The second kappa shape index (κ2) is 12.4. The lowest BCUT2D eigenvalue weighted by Gasteiger charge is -2.15. The highest BCUT2D eigenvalue weighted by atomic mass is 15.1. The zero-order valence-electron chi connectivity index (χ0n) is 28.7. The van der Waals surface area contributed by atoms with Crippen molar-refractivity contribution >= 4 is 49.3 Å². The van der Waals surface area contributed by atoms with Gasteiger partial charge in [-0.3, -0.25) is 0 Å². The minimum atomic E-state index is 0.472. The Morgan fingerprint density at radius 1 is 0.463 bits per heavy atom. The van der Waals surface area contributed by atoms with Crippen LogP contribution in [0.5, 0.6) is 0 Å². The van der Waals surface area contributed by atoms with Crippen LogP contribution in [0.4, 0.5) is 5.69 Å². The van der Waals surface area contributed by atoms with Gasteiger partial charge in [0.25, 0.3) is 0 Å². The smallest absolute Gasteiger partial charge is 0.210 e. The summed E-state index contributed by atoms with van der Waals surface area (Å²) in [5.41, 5.74) is 8.91. The van der Waals surface area contributed by atoms with Crippen molar-refractivity contribution in [2.45, 2.75) is 0 Å². The fraction of sp³-hybridized carbons (Fsp3) is 0. The molecule has 7 heteroatoms. The van der Waals surface area contributed by atoms with Crippen molar-refractivity contribution < 1.29 is 0 Å². The first-order valence-electron chi connectivity index (χ1n) is 17.6. The van der Waals surface area contributed by atoms with Gasteiger partial charge in [-0.05, 0) is 36.4 Å². The number of para-hydroxylation sites is 4. The Bertz CT molecular complexity index is 3120. The zero-order valence-corrected chi connectivity index (χ0v) is 28.7. The van der Waals surface area contributed by atoms with Crippen molar-refractivity contribution in [3.8, 4) is 51.6 Å². The zero-order chi connectivity index (χ0) is 36.2. The first-order valence-corrected chi connectivity index (χ1v) is 17.6. The number of rotatable bonds is 5. The van der Waals surface area contributed by atoms with E-state index < -0.39 is 0 Å². The summed E-state index contributed by atoms with van der Waals surface area (Å²) < 4.78 is 4.40. The Kier molecular flexibility index (Phi) is 7.11. The first-order chi connectivity index (χ1) is 26.7. The van der Waals surface area contributed by atoms with Crippen LogP contribution in [0.15, 0.2) is 164 Å². The van der Waals surface area contributed by atoms with E-state index in [1.165, 1.54) is 0 Å². The quantitative estimate of drug-likeness (QED) is 0.169. The lowest BCUT2D eigenvalue weighted by Crippen LogP contribution is -2.03. The maximum Gasteiger partial charge on any atom is 0.210 e. The molecule has 0 N–H and O–H groups in total. The van der Waals surface area contributed by atoms with E-state index in [2.05, 4.69) is 56.4 Å². The molecule has 0 unspecified atom stereocenters. The van der Waals surface area contributed by atoms with Gasteiger partial charge < -0.3 is 9.13 Å². The average molecular weight is 690 g/mol. The molecular weight excluding hydrogens is 663 g/mol. The van der Waals surface area contributed by atoms with Gasteiger partial charge in [0.05, 0.1) is 45.6 Å². The molecule has 0 aliphatic rings. The van der Waals surface area contributed by atoms with Crippen molar-refractivity contribution in [2.75, 3.05) is 0 Å². The van der Waals surface area contributed by atoms with Gasteiger partial charge in [0.1, 0.15) is 6.07 Å². The van der Waals surface area contributed by atoms with Crippen LogP contribution in [-0.4, -0.2) is 24.1 Å². The van der Waals surface area contributed by atoms with E-state index in [9.17, 15) is 5.26 Å². The SMILES string of the molecule is [C-]#[N+]c1ccccc1-n1c2ccccc2c2ccc3c4ccccc4n(-c4ccc(-c5nc(-c6ccccc6)nc(-c6ccccc6)n5)cc4C#N)c3c21. The van der Waals surface area contributed by atoms with Gasteiger partial charge in [-0.25, -0.2) is 19.8 Å². The first kappa shape index (κ1) is 30.9. The summed E-state index contributed by atoms with van der Waals surface area (Å²) in [5.74, 6) is 1.59. The molecule has 10 rings (SSSR count). The third kappa shape index (κ3) is 4.77. The Balaban J connectivity index is 1.26. The molecule has 0 atom stereocenters. The maximum absolute atomic E-state index is 10.9. The van der Waals surface area contributed by atoms with E-state index in [-0.39, 0.29) is 0 Å². The van der Waals surface area contributed by atoms with Crippen LogP contribution in [0.3, 0.4) is 0 Å². The monoisotopic (exact) mass is 689 g/mol. The van der Waals surface area contributed by atoms with Crippen molar-refractivity contribution in [3.05, 3.63) is 181 Å². The number of fused-ring (bicyclic) bond motifs is 7. The predicted octanol–water partition coefficient (Wildman–Crippen LogP) is 11.5. The van der Waals surface area contributed by atoms with Crippen molar-refractivity contribution in [3.63, 3.8) is 0 Å². The van der Waals surface area contributed by atoms with Crippen molar-refractivity contribution in [1.82, 2.24) is 24.1 Å². The molecule has 7 nitrogen and oxygen atoms in total. The maximum atomic E-state index is 10.9. The molecule has 0 saturated heterocycles. The summed E-state index contributed by atoms with van der Waals surface area (Å²) in [5, 5.41) is 15.1. The molecule has 3 aromatic heterocycles. The minimum Gasteiger partial charge on any atom is -0.317 e. The highest BCUT2D eigenvalue weighted by Crippen LogP contribution is 2.43. The second-order valence-electron chi connectivity index (χ2n) is 13.0. The molecule has 3 heterocycles. The third-order valence-electron chi connectivity index (χ3n) is 10.0. The predicted molar refractivity (Wildman–Crippen MR) is 216 cm³/mol. The number of nitrogens with zero attached hydrogens (tertiary/aromatic N) is 7. The van der Waals surface area contributed by atoms with E-state index in [0.29, 0.717) is 34.3 Å². The molecule has 7 aromatic carbocycles. The van der Waals surface area contributed by atoms with Gasteiger partial charge in [0, 0.05) is 38.2 Å². The average Bonchev–Trinajstić information content (AvgIpc) is 3.77. The molecule has 0 aliphatic carbocycles. The van der Waals surface area contributed by atoms with Gasteiger partial charge in [-0.1, -0.05) is 127 Å². The molecule has 0 saturated carbocycles. The highest BCUT2D eigenvalue weighted by Gasteiger charge is 2.23. The van der Waals surface area contributed by atoms with Crippen LogP contribution in [0.2, 0.25) is 0 Å².